The molecule has 0 radical (unpaired) electrons. The first-order valence-electron chi connectivity index (χ1n) is 4.82. The van der Waals surface area contributed by atoms with Crippen LogP contribution in [-0.4, -0.2) is 17.8 Å². The molecule has 0 aliphatic carbocycles. The number of hydroxylamine groups is 2. The highest BCUT2D eigenvalue weighted by atomic mass is 19.2. The van der Waals surface area contributed by atoms with E-state index in [0.717, 1.165) is 12.8 Å². The number of anilines is 1. The second kappa shape index (κ2) is 3.55. The van der Waals surface area contributed by atoms with E-state index in [-0.39, 0.29) is 0 Å². The van der Waals surface area contributed by atoms with E-state index < -0.39 is 4.76 Å². The molecule has 4 heteroatoms. The number of nitrogens with zero attached hydrogens (tertiary/aromatic N) is 2. The van der Waals surface area contributed by atoms with Crippen LogP contribution in [0, 0.1) is 5.21 Å². The Kier molecular flexibility index (Phi) is 2.39. The van der Waals surface area contributed by atoms with Gasteiger partial charge in [0, 0.05) is 12.8 Å². The van der Waals surface area contributed by atoms with Crippen molar-refractivity contribution in [3.8, 4) is 0 Å². The lowest BCUT2D eigenvalue weighted by molar-refractivity contribution is -0.892. The van der Waals surface area contributed by atoms with E-state index in [2.05, 4.69) is 0 Å². The molecule has 0 unspecified atom stereocenters. The smallest absolute Gasteiger partial charge is 0.126 e. The zero-order valence-corrected chi connectivity index (χ0v) is 7.90. The molecule has 1 aliphatic heterocycles. The van der Waals surface area contributed by atoms with Crippen LogP contribution in [-0.2, 0) is 0 Å². The van der Waals surface area contributed by atoms with E-state index in [1.807, 2.05) is 0 Å². The summed E-state index contributed by atoms with van der Waals surface area (Å²) in [5, 5.41) is 12.2. The Labute approximate surface area is 82.4 Å². The van der Waals surface area contributed by atoms with Gasteiger partial charge in [-0.25, -0.2) is 4.76 Å². The topological polar surface area (TPSA) is 26.3 Å². The van der Waals surface area contributed by atoms with Crippen LogP contribution in [0.2, 0.25) is 0 Å². The second-order valence-corrected chi connectivity index (χ2v) is 3.60. The number of para-hydroxylation sites is 1. The maximum Gasteiger partial charge on any atom is 0.126 e. The molecule has 14 heavy (non-hydrogen) atoms. The van der Waals surface area contributed by atoms with Crippen molar-refractivity contribution in [2.45, 2.75) is 12.8 Å². The third kappa shape index (κ3) is 1.58. The summed E-state index contributed by atoms with van der Waals surface area (Å²) in [6.07, 6.45) is 1.60. The van der Waals surface area contributed by atoms with E-state index in [0.29, 0.717) is 24.0 Å². The summed E-state index contributed by atoms with van der Waals surface area (Å²) in [6, 6.07) is 8.47. The fourth-order valence-electron chi connectivity index (χ4n) is 1.77. The van der Waals surface area contributed by atoms with E-state index >= 15 is 0 Å². The third-order valence-electron chi connectivity index (χ3n) is 2.55. The number of benzene rings is 1. The van der Waals surface area contributed by atoms with Crippen LogP contribution in [0.5, 0.6) is 0 Å². The third-order valence-corrected chi connectivity index (χ3v) is 2.55. The van der Waals surface area contributed by atoms with Gasteiger partial charge in [0.15, 0.2) is 0 Å². The van der Waals surface area contributed by atoms with Gasteiger partial charge in [-0.3, -0.25) is 0 Å². The number of quaternary nitrogens is 1. The quantitative estimate of drug-likeness (QED) is 0.412. The molecule has 2 rings (SSSR count). The zero-order chi connectivity index (χ0) is 10.0. The van der Waals surface area contributed by atoms with Gasteiger partial charge in [0.1, 0.15) is 18.8 Å². The first-order chi connectivity index (χ1) is 6.72. The van der Waals surface area contributed by atoms with Gasteiger partial charge in [-0.05, 0) is 16.6 Å². The summed E-state index contributed by atoms with van der Waals surface area (Å²) in [7, 11) is 0. The average Bonchev–Trinajstić information content (AvgIpc) is 2.67. The van der Waals surface area contributed by atoms with Gasteiger partial charge >= 0.3 is 0 Å². The first kappa shape index (κ1) is 9.43. The molecule has 1 saturated heterocycles. The molecule has 1 fully saturated rings. The summed E-state index contributed by atoms with van der Waals surface area (Å²) in [4.78, 5) is 0. The monoisotopic (exact) mass is 196 g/mol. The van der Waals surface area contributed by atoms with Crippen molar-refractivity contribution in [2.75, 3.05) is 18.3 Å². The van der Waals surface area contributed by atoms with Gasteiger partial charge in [-0.2, -0.15) is 0 Å². The molecule has 1 aliphatic rings. The summed E-state index contributed by atoms with van der Waals surface area (Å²) < 4.78 is 12.9. The molecule has 0 bridgehead atoms. The maximum atomic E-state index is 13.7. The van der Waals surface area contributed by atoms with Crippen LogP contribution < -0.4 is 5.23 Å². The highest BCUT2D eigenvalue weighted by Crippen LogP contribution is 2.27. The normalized spacial score (nSPS) is 19.6. The molecule has 0 spiro atoms. The molecule has 0 N–H and O–H groups in total. The molecule has 0 amide bonds. The van der Waals surface area contributed by atoms with Crippen LogP contribution in [0.4, 0.5) is 10.2 Å². The molecule has 0 saturated carbocycles. The van der Waals surface area contributed by atoms with Gasteiger partial charge in [0.2, 0.25) is 0 Å². The number of halogens is 1. The average molecular weight is 196 g/mol. The predicted octanol–water partition coefficient (Wildman–Crippen LogP) is 2.40. The molecular formula is C10H13FN2O. The fraction of sp³-hybridized carbons (Fsp3) is 0.400. The van der Waals surface area contributed by atoms with Crippen molar-refractivity contribution in [3.05, 3.63) is 35.5 Å². The van der Waals surface area contributed by atoms with Crippen molar-refractivity contribution in [2.24, 2.45) is 0 Å². The Morgan fingerprint density at radius 1 is 1.14 bits per heavy atom. The van der Waals surface area contributed by atoms with Gasteiger partial charge < -0.3 is 5.21 Å². The number of hydrogen-bond donors (Lipinski definition) is 0. The van der Waals surface area contributed by atoms with Gasteiger partial charge in [-0.15, -0.1) is 0 Å². The van der Waals surface area contributed by atoms with Gasteiger partial charge in [0.25, 0.3) is 0 Å². The molecule has 1 heterocycles. The predicted molar refractivity (Wildman–Crippen MR) is 52.6 cm³/mol. The van der Waals surface area contributed by atoms with Crippen molar-refractivity contribution in [1.29, 1.82) is 0 Å². The number of hydrogen-bond acceptors (Lipinski definition) is 2. The standard InChI is InChI=1S/C10H13FN2O/c11-12(10-6-2-1-3-7-10)13(14)8-4-5-9-13/h1-3,6-7H,4-5,8-9H2. The minimum absolute atomic E-state index is 0.326. The molecular weight excluding hydrogens is 183 g/mol. The Bertz CT molecular complexity index is 298. The van der Waals surface area contributed by atoms with Crippen molar-refractivity contribution in [3.63, 3.8) is 0 Å². The van der Waals surface area contributed by atoms with Gasteiger partial charge in [-0.1, -0.05) is 23.4 Å². The van der Waals surface area contributed by atoms with Crippen molar-refractivity contribution in [1.82, 2.24) is 0 Å². The maximum absolute atomic E-state index is 13.7. The second-order valence-electron chi connectivity index (χ2n) is 3.60. The van der Waals surface area contributed by atoms with E-state index in [1.54, 1.807) is 30.3 Å². The van der Waals surface area contributed by atoms with Gasteiger partial charge in [0.05, 0.1) is 0 Å². The Morgan fingerprint density at radius 3 is 2.29 bits per heavy atom. The minimum Gasteiger partial charge on any atom is -0.604 e. The highest BCUT2D eigenvalue weighted by Gasteiger charge is 2.31. The van der Waals surface area contributed by atoms with Crippen LogP contribution in [0.1, 0.15) is 12.8 Å². The Balaban J connectivity index is 2.19. The summed E-state index contributed by atoms with van der Waals surface area (Å²) >= 11 is 0. The highest BCUT2D eigenvalue weighted by molar-refractivity contribution is 5.40. The molecule has 0 aromatic heterocycles. The summed E-state index contributed by atoms with van der Waals surface area (Å²) in [6.45, 7) is 0.677. The van der Waals surface area contributed by atoms with E-state index in [4.69, 9.17) is 0 Å². The summed E-state index contributed by atoms with van der Waals surface area (Å²) in [5.41, 5.74) is 0.337. The van der Waals surface area contributed by atoms with Crippen LogP contribution >= 0.6 is 0 Å². The Hall–Kier alpha value is -1.13. The van der Waals surface area contributed by atoms with E-state index in [1.165, 1.54) is 0 Å². The zero-order valence-electron chi connectivity index (χ0n) is 7.90. The number of rotatable bonds is 2. The molecule has 3 nitrogen and oxygen atoms in total. The molecule has 1 aromatic rings. The lowest BCUT2D eigenvalue weighted by Crippen LogP contribution is -2.50. The largest absolute Gasteiger partial charge is 0.604 e. The molecule has 0 atom stereocenters. The van der Waals surface area contributed by atoms with E-state index in [9.17, 15) is 9.69 Å². The Morgan fingerprint density at radius 2 is 1.71 bits per heavy atom. The van der Waals surface area contributed by atoms with Crippen LogP contribution in [0.25, 0.3) is 0 Å². The molecule has 76 valence electrons. The summed E-state index contributed by atoms with van der Waals surface area (Å²) in [5.74, 6) is 0. The molecule has 1 aromatic carbocycles. The van der Waals surface area contributed by atoms with Crippen LogP contribution in [0.3, 0.4) is 0 Å². The minimum atomic E-state index is -0.857. The van der Waals surface area contributed by atoms with Crippen LogP contribution in [0.15, 0.2) is 30.3 Å². The van der Waals surface area contributed by atoms with Crippen molar-refractivity contribution >= 4 is 5.69 Å². The first-order valence-corrected chi connectivity index (χ1v) is 4.82. The lowest BCUT2D eigenvalue weighted by atomic mass is 10.3. The lowest BCUT2D eigenvalue weighted by Gasteiger charge is -2.40. The SMILES string of the molecule is [O-][N+]1(N(F)c2ccccc2)CCCC1. The fourth-order valence-corrected chi connectivity index (χ4v) is 1.77. The van der Waals surface area contributed by atoms with Crippen molar-refractivity contribution < 1.29 is 9.24 Å².